The lowest BCUT2D eigenvalue weighted by molar-refractivity contribution is -0.120. The number of nitrogens with two attached hydrogens (primary N) is 4. The first-order chi connectivity index (χ1) is 18.3. The number of pyridine rings is 1. The Balaban J connectivity index is 0.000000399. The lowest BCUT2D eigenvalue weighted by Gasteiger charge is -2.21. The van der Waals surface area contributed by atoms with Crippen molar-refractivity contribution in [1.82, 2.24) is 15.6 Å². The van der Waals surface area contributed by atoms with E-state index in [2.05, 4.69) is 33.8 Å². The Kier molecular flexibility index (Phi) is 15.4. The van der Waals surface area contributed by atoms with Crippen molar-refractivity contribution in [3.63, 3.8) is 0 Å². The van der Waals surface area contributed by atoms with Gasteiger partial charge in [0.1, 0.15) is 11.6 Å². The third-order valence-corrected chi connectivity index (χ3v) is 5.39. The maximum Gasteiger partial charge on any atom is 0.231 e. The second-order valence-electron chi connectivity index (χ2n) is 8.41. The zero-order valence-electron chi connectivity index (χ0n) is 21.8. The summed E-state index contributed by atoms with van der Waals surface area (Å²) in [6.07, 6.45) is 18.6. The van der Waals surface area contributed by atoms with E-state index in [-0.39, 0.29) is 36.3 Å². The van der Waals surface area contributed by atoms with E-state index < -0.39 is 0 Å². The highest BCUT2D eigenvalue weighted by Gasteiger charge is 2.15. The van der Waals surface area contributed by atoms with Crippen molar-refractivity contribution in [2.45, 2.75) is 44.9 Å². The zero-order valence-corrected chi connectivity index (χ0v) is 21.8. The number of allylic oxidation sites excluding steroid dienone is 6. The fourth-order valence-corrected chi connectivity index (χ4v) is 3.53. The minimum atomic E-state index is -0.251. The van der Waals surface area contributed by atoms with Crippen molar-refractivity contribution >= 4 is 17.5 Å². The molecule has 0 unspecified atom stereocenters. The molecule has 0 aliphatic heterocycles. The average Bonchev–Trinajstić information content (AvgIpc) is 2.91. The van der Waals surface area contributed by atoms with Crippen LogP contribution in [-0.2, 0) is 16.0 Å². The SMILES string of the molecule is C=CN=C(C=C)CC(=O)N/C(N)=C/C=C(\N)C1CCCCC1.N/C=C\C=C(/N)NC(=O)Cc1ccccn1. The molecule has 38 heavy (non-hydrogen) atoms. The number of hydrogen-bond acceptors (Lipinski definition) is 8. The molecule has 10 nitrogen and oxygen atoms in total. The standard InChI is InChI=1S/C17H26N4O.C11H14N4O/c1-3-14(20-4-2)12-17(22)21-16(19)11-10-15(18)13-8-6-5-7-9-13;12-6-3-5-10(13)15-11(16)8-9-4-1-2-7-14-9/h3-4,10-11,13H,1-2,5-9,12,18-19H2,(H,21,22);1-7H,8,12-13H2,(H,15,16)/b15-10-,16-11+,20-14?;6-3-,10-5+. The lowest BCUT2D eigenvalue weighted by Crippen LogP contribution is -2.28. The molecule has 1 fully saturated rings. The molecule has 2 rings (SSSR count). The number of carbonyl (C=O) groups excluding carboxylic acids is 2. The Morgan fingerprint density at radius 1 is 1.00 bits per heavy atom. The largest absolute Gasteiger partial charge is 0.405 e. The minimum Gasteiger partial charge on any atom is -0.405 e. The summed E-state index contributed by atoms with van der Waals surface area (Å²) in [6, 6.07) is 5.40. The monoisotopic (exact) mass is 520 g/mol. The first-order valence-corrected chi connectivity index (χ1v) is 12.4. The predicted molar refractivity (Wildman–Crippen MR) is 153 cm³/mol. The fraction of sp³-hybridized carbons (Fsp3) is 0.286. The Bertz CT molecular complexity index is 1070. The van der Waals surface area contributed by atoms with Gasteiger partial charge in [0, 0.05) is 29.5 Å². The predicted octanol–water partition coefficient (Wildman–Crippen LogP) is 2.50. The molecule has 0 radical (unpaired) electrons. The van der Waals surface area contributed by atoms with Gasteiger partial charge in [0.15, 0.2) is 0 Å². The summed E-state index contributed by atoms with van der Waals surface area (Å²) in [5.74, 6) is 0.491. The van der Waals surface area contributed by atoms with E-state index in [4.69, 9.17) is 22.9 Å². The van der Waals surface area contributed by atoms with Crippen LogP contribution < -0.4 is 33.6 Å². The van der Waals surface area contributed by atoms with Crippen LogP contribution in [0.2, 0.25) is 0 Å². The summed E-state index contributed by atoms with van der Waals surface area (Å²) < 4.78 is 0. The third-order valence-electron chi connectivity index (χ3n) is 5.39. The number of aliphatic imine (C=N–C) groups is 1. The van der Waals surface area contributed by atoms with Gasteiger partial charge in [0.2, 0.25) is 11.8 Å². The molecule has 0 bridgehead atoms. The molecule has 1 aromatic heterocycles. The molecular weight excluding hydrogens is 480 g/mol. The van der Waals surface area contributed by atoms with E-state index in [9.17, 15) is 9.59 Å². The topological polar surface area (TPSA) is 188 Å². The second kappa shape index (κ2) is 18.6. The van der Waals surface area contributed by atoms with E-state index in [0.29, 0.717) is 17.3 Å². The molecule has 1 aromatic rings. The lowest BCUT2D eigenvalue weighted by atomic mass is 9.87. The molecule has 0 aromatic carbocycles. The van der Waals surface area contributed by atoms with E-state index >= 15 is 0 Å². The van der Waals surface area contributed by atoms with Gasteiger partial charge >= 0.3 is 0 Å². The molecule has 0 atom stereocenters. The third kappa shape index (κ3) is 14.1. The Morgan fingerprint density at radius 3 is 2.29 bits per heavy atom. The average molecular weight is 521 g/mol. The summed E-state index contributed by atoms with van der Waals surface area (Å²) >= 11 is 0. The second-order valence-corrected chi connectivity index (χ2v) is 8.41. The van der Waals surface area contributed by atoms with Gasteiger partial charge in [-0.25, -0.2) is 0 Å². The summed E-state index contributed by atoms with van der Waals surface area (Å²) in [5.41, 5.74) is 24.6. The van der Waals surface area contributed by atoms with Gasteiger partial charge in [-0.05, 0) is 67.5 Å². The Hall–Kier alpha value is -4.60. The number of rotatable bonds is 11. The summed E-state index contributed by atoms with van der Waals surface area (Å²) in [4.78, 5) is 31.2. The summed E-state index contributed by atoms with van der Waals surface area (Å²) in [7, 11) is 0. The molecule has 1 aliphatic carbocycles. The highest BCUT2D eigenvalue weighted by Crippen LogP contribution is 2.27. The zero-order chi connectivity index (χ0) is 28.2. The van der Waals surface area contributed by atoms with Crippen LogP contribution in [0.4, 0.5) is 0 Å². The molecule has 10 heteroatoms. The Morgan fingerprint density at radius 2 is 1.68 bits per heavy atom. The molecule has 0 saturated heterocycles. The maximum absolute atomic E-state index is 11.8. The fourth-order valence-electron chi connectivity index (χ4n) is 3.53. The van der Waals surface area contributed by atoms with Gasteiger partial charge in [-0.1, -0.05) is 38.5 Å². The van der Waals surface area contributed by atoms with Crippen LogP contribution in [0.15, 0.2) is 103 Å². The number of nitrogens with zero attached hydrogens (tertiary/aromatic N) is 2. The van der Waals surface area contributed by atoms with E-state index in [1.807, 2.05) is 6.07 Å². The summed E-state index contributed by atoms with van der Waals surface area (Å²) in [5, 5.41) is 5.11. The summed E-state index contributed by atoms with van der Waals surface area (Å²) in [6.45, 7) is 7.08. The number of hydrogen-bond donors (Lipinski definition) is 6. The highest BCUT2D eigenvalue weighted by molar-refractivity contribution is 6.07. The van der Waals surface area contributed by atoms with E-state index in [0.717, 1.165) is 18.5 Å². The van der Waals surface area contributed by atoms with Crippen LogP contribution in [0.1, 0.15) is 44.2 Å². The smallest absolute Gasteiger partial charge is 0.231 e. The number of carbonyl (C=O) groups is 2. The number of nitrogens with one attached hydrogen (secondary N) is 2. The molecular formula is C28H40N8O2. The van der Waals surface area contributed by atoms with Gasteiger partial charge < -0.3 is 33.6 Å². The van der Waals surface area contributed by atoms with Crippen LogP contribution in [0, 0.1) is 5.92 Å². The van der Waals surface area contributed by atoms with Gasteiger partial charge in [0.25, 0.3) is 0 Å². The van der Waals surface area contributed by atoms with Crippen molar-refractivity contribution in [3.05, 3.63) is 103 Å². The van der Waals surface area contributed by atoms with Crippen LogP contribution >= 0.6 is 0 Å². The van der Waals surface area contributed by atoms with E-state index in [1.54, 1.807) is 30.5 Å². The molecule has 1 heterocycles. The van der Waals surface area contributed by atoms with Gasteiger partial charge in [-0.3, -0.25) is 19.6 Å². The molecule has 1 aliphatic rings. The molecule has 0 spiro atoms. The first-order valence-electron chi connectivity index (χ1n) is 12.4. The van der Waals surface area contributed by atoms with Gasteiger partial charge in [-0.2, -0.15) is 0 Å². The van der Waals surface area contributed by atoms with Crippen molar-refractivity contribution in [1.29, 1.82) is 0 Å². The number of amides is 2. The van der Waals surface area contributed by atoms with Crippen LogP contribution in [0.25, 0.3) is 0 Å². The van der Waals surface area contributed by atoms with E-state index in [1.165, 1.54) is 49.9 Å². The molecule has 10 N–H and O–H groups in total. The highest BCUT2D eigenvalue weighted by atomic mass is 16.2. The van der Waals surface area contributed by atoms with Gasteiger partial charge in [-0.15, -0.1) is 0 Å². The number of aromatic nitrogens is 1. The quantitative estimate of drug-likeness (QED) is 0.191. The van der Waals surface area contributed by atoms with Crippen LogP contribution in [0.5, 0.6) is 0 Å². The first kappa shape index (κ1) is 31.4. The van der Waals surface area contributed by atoms with Crippen molar-refractivity contribution in [2.24, 2.45) is 33.8 Å². The van der Waals surface area contributed by atoms with Crippen molar-refractivity contribution < 1.29 is 9.59 Å². The van der Waals surface area contributed by atoms with Crippen LogP contribution in [-0.4, -0.2) is 22.5 Å². The Labute approximate surface area is 225 Å². The molecule has 2 amide bonds. The molecule has 1 saturated carbocycles. The minimum absolute atomic E-state index is 0.103. The maximum atomic E-state index is 11.8. The normalized spacial score (nSPS) is 15.3. The van der Waals surface area contributed by atoms with Gasteiger partial charge in [0.05, 0.1) is 12.8 Å². The van der Waals surface area contributed by atoms with Crippen LogP contribution in [0.3, 0.4) is 0 Å². The van der Waals surface area contributed by atoms with Crippen molar-refractivity contribution in [3.8, 4) is 0 Å². The molecule has 204 valence electrons. The van der Waals surface area contributed by atoms with Crippen molar-refractivity contribution in [2.75, 3.05) is 0 Å².